The summed E-state index contributed by atoms with van der Waals surface area (Å²) in [5.41, 5.74) is 17.5. The van der Waals surface area contributed by atoms with E-state index in [1.54, 1.807) is 11.8 Å². The second kappa shape index (κ2) is 10.2. The molecule has 5 rings (SSSR count). The lowest BCUT2D eigenvalue weighted by Gasteiger charge is -2.36. The topological polar surface area (TPSA) is 140 Å². The molecule has 12 nitrogen and oxygen atoms in total. The molecule has 4 heterocycles. The van der Waals surface area contributed by atoms with Crippen LogP contribution in [0.4, 0.5) is 11.6 Å². The number of methoxy groups -OCH3 is 1. The highest BCUT2D eigenvalue weighted by molar-refractivity contribution is 5.70. The van der Waals surface area contributed by atoms with E-state index in [0.717, 1.165) is 41.4 Å². The number of pyridine rings is 1. The largest absolute Gasteiger partial charge is 0.499 e. The third kappa shape index (κ3) is 4.88. The van der Waals surface area contributed by atoms with Crippen LogP contribution in [0.3, 0.4) is 0 Å². The van der Waals surface area contributed by atoms with Crippen LogP contribution in [-0.2, 0) is 22.7 Å². The highest BCUT2D eigenvalue weighted by Crippen LogP contribution is 2.44. The molecule has 1 unspecified atom stereocenters. The Morgan fingerprint density at radius 2 is 1.88 bits per heavy atom. The molecule has 0 bridgehead atoms. The Labute approximate surface area is 235 Å². The number of aryl methyl sites for hydroxylation is 1. The van der Waals surface area contributed by atoms with Gasteiger partial charge in [-0.3, -0.25) is 4.68 Å². The zero-order chi connectivity index (χ0) is 28.8. The second-order valence-corrected chi connectivity index (χ2v) is 11.5. The van der Waals surface area contributed by atoms with Gasteiger partial charge in [-0.1, -0.05) is 13.8 Å². The molecule has 0 fully saturated rings. The van der Waals surface area contributed by atoms with Crippen molar-refractivity contribution in [3.05, 3.63) is 65.6 Å². The molecule has 3 aromatic rings. The molecule has 12 heteroatoms. The minimum atomic E-state index is -1.14. The molecule has 1 aliphatic heterocycles. The third-order valence-corrected chi connectivity index (χ3v) is 7.58. The lowest BCUT2D eigenvalue weighted by atomic mass is 9.86. The summed E-state index contributed by atoms with van der Waals surface area (Å²) in [6.07, 6.45) is 7.50. The summed E-state index contributed by atoms with van der Waals surface area (Å²) in [6.45, 7) is 6.70. The van der Waals surface area contributed by atoms with Crippen molar-refractivity contribution >= 4 is 11.6 Å². The van der Waals surface area contributed by atoms with Gasteiger partial charge in [0.25, 0.3) is 0 Å². The summed E-state index contributed by atoms with van der Waals surface area (Å²) in [6, 6.07) is 4.07. The van der Waals surface area contributed by atoms with E-state index in [2.05, 4.69) is 49.7 Å². The van der Waals surface area contributed by atoms with Crippen molar-refractivity contribution in [3.63, 3.8) is 0 Å². The molecular weight excluding hydrogens is 506 g/mol. The zero-order valence-corrected chi connectivity index (χ0v) is 24.4. The van der Waals surface area contributed by atoms with Crippen molar-refractivity contribution in [2.45, 2.75) is 31.2 Å². The van der Waals surface area contributed by atoms with Crippen LogP contribution >= 0.6 is 0 Å². The minimum Gasteiger partial charge on any atom is -0.499 e. The number of allylic oxidation sites excluding steroid dienone is 1. The van der Waals surface area contributed by atoms with Gasteiger partial charge in [0, 0.05) is 69.1 Å². The Morgan fingerprint density at radius 3 is 2.55 bits per heavy atom. The summed E-state index contributed by atoms with van der Waals surface area (Å²) in [5, 5.41) is 4.29. The van der Waals surface area contributed by atoms with Gasteiger partial charge in [-0.15, -0.1) is 0 Å². The summed E-state index contributed by atoms with van der Waals surface area (Å²) in [5.74, 6) is 1.45. The van der Waals surface area contributed by atoms with Gasteiger partial charge < -0.3 is 30.9 Å². The number of hydrogen-bond donors (Lipinski definition) is 2. The van der Waals surface area contributed by atoms with E-state index < -0.39 is 5.54 Å². The van der Waals surface area contributed by atoms with Crippen LogP contribution in [0.5, 0.6) is 0 Å². The molecule has 212 valence electrons. The maximum Gasteiger partial charge on any atom is 0.233 e. The second-order valence-electron chi connectivity index (χ2n) is 11.5. The number of ether oxygens (including phenoxy) is 1. The number of likely N-dealkylation sites (N-methyl/N-ethyl adjacent to an activating group) is 2. The molecule has 3 aromatic heterocycles. The number of rotatable bonds is 8. The van der Waals surface area contributed by atoms with Crippen LogP contribution in [0.25, 0.3) is 11.3 Å². The molecule has 0 spiro atoms. The molecule has 0 saturated heterocycles. The number of aromatic nitrogens is 6. The van der Waals surface area contributed by atoms with Crippen molar-refractivity contribution in [1.82, 2.24) is 39.5 Å². The van der Waals surface area contributed by atoms with Crippen LogP contribution < -0.4 is 16.4 Å². The predicted octanol–water partition coefficient (Wildman–Crippen LogP) is 1.85. The summed E-state index contributed by atoms with van der Waals surface area (Å²) in [7, 11) is 9.61. The van der Waals surface area contributed by atoms with Crippen molar-refractivity contribution in [2.75, 3.05) is 52.8 Å². The Kier molecular flexibility index (Phi) is 7.01. The fraction of sp³-hybridized carbons (Fsp3) is 0.464. The molecule has 2 aliphatic rings. The first kappa shape index (κ1) is 27.5. The lowest BCUT2D eigenvalue weighted by molar-refractivity contribution is 0.205. The summed E-state index contributed by atoms with van der Waals surface area (Å²) >= 11 is 0. The average molecular weight is 546 g/mol. The molecule has 4 N–H and O–H groups in total. The smallest absolute Gasteiger partial charge is 0.233 e. The standard InChI is InChI=1S/C28H39N11O/c1-27(2)16-39(21-9-8-20(34-24(21)27)18-14-33-38(6)15-18)26-32-17-31-25(35-26)28(30)13-19(29)22(12-23(28)40-7)37(5)11-10-36(3)4/h8-9,12,14-15,17H,10-11,13,16,29-30H2,1-7H3. The molecule has 1 atom stereocenters. The molecule has 0 aromatic carbocycles. The number of fused-ring (bicyclic) bond motifs is 1. The average Bonchev–Trinajstić information content (AvgIpc) is 3.47. The van der Waals surface area contributed by atoms with Crippen molar-refractivity contribution in [3.8, 4) is 11.3 Å². The third-order valence-electron chi connectivity index (χ3n) is 7.58. The van der Waals surface area contributed by atoms with Gasteiger partial charge in [-0.05, 0) is 26.2 Å². The molecule has 0 saturated carbocycles. The van der Waals surface area contributed by atoms with E-state index in [1.165, 1.54) is 6.33 Å². The summed E-state index contributed by atoms with van der Waals surface area (Å²) < 4.78 is 7.58. The predicted molar refractivity (Wildman–Crippen MR) is 154 cm³/mol. The molecule has 0 amide bonds. The van der Waals surface area contributed by atoms with Gasteiger partial charge in [-0.2, -0.15) is 10.1 Å². The fourth-order valence-corrected chi connectivity index (χ4v) is 5.33. The Hall–Kier alpha value is -4.03. The van der Waals surface area contributed by atoms with Gasteiger partial charge in [-0.25, -0.2) is 15.0 Å². The molecule has 40 heavy (non-hydrogen) atoms. The fourth-order valence-electron chi connectivity index (χ4n) is 5.33. The lowest BCUT2D eigenvalue weighted by Crippen LogP contribution is -2.46. The zero-order valence-electron chi connectivity index (χ0n) is 24.4. The van der Waals surface area contributed by atoms with Gasteiger partial charge in [0.1, 0.15) is 17.6 Å². The van der Waals surface area contributed by atoms with Gasteiger partial charge in [0.05, 0.1) is 36.1 Å². The highest BCUT2D eigenvalue weighted by Gasteiger charge is 2.43. The molecular formula is C28H39N11O. The normalized spacial score (nSPS) is 20.1. The first-order valence-corrected chi connectivity index (χ1v) is 13.3. The first-order valence-electron chi connectivity index (χ1n) is 13.3. The number of nitrogens with two attached hydrogens (primary N) is 2. The van der Waals surface area contributed by atoms with Crippen molar-refractivity contribution in [2.24, 2.45) is 18.5 Å². The van der Waals surface area contributed by atoms with Crippen LogP contribution in [0.15, 0.2) is 54.1 Å². The van der Waals surface area contributed by atoms with E-state index in [4.69, 9.17) is 26.2 Å². The van der Waals surface area contributed by atoms with Gasteiger partial charge in [0.15, 0.2) is 5.82 Å². The maximum absolute atomic E-state index is 6.99. The molecule has 0 radical (unpaired) electrons. The maximum atomic E-state index is 6.99. The first-order chi connectivity index (χ1) is 18.9. The van der Waals surface area contributed by atoms with E-state index >= 15 is 0 Å². The van der Waals surface area contributed by atoms with E-state index in [-0.39, 0.29) is 5.41 Å². The molecule has 1 aliphatic carbocycles. The Morgan fingerprint density at radius 1 is 1.10 bits per heavy atom. The van der Waals surface area contributed by atoms with Crippen LogP contribution in [-0.4, -0.2) is 87.4 Å². The van der Waals surface area contributed by atoms with Crippen molar-refractivity contribution < 1.29 is 4.74 Å². The van der Waals surface area contributed by atoms with Crippen molar-refractivity contribution in [1.29, 1.82) is 0 Å². The van der Waals surface area contributed by atoms with E-state index in [9.17, 15) is 0 Å². The quantitative estimate of drug-likeness (QED) is 0.428. The van der Waals surface area contributed by atoms with Crippen LogP contribution in [0.1, 0.15) is 31.8 Å². The van der Waals surface area contributed by atoms with Crippen LogP contribution in [0.2, 0.25) is 0 Å². The number of hydrogen-bond acceptors (Lipinski definition) is 11. The minimum absolute atomic E-state index is 0.234. The number of nitrogens with zero attached hydrogens (tertiary/aromatic N) is 9. The highest BCUT2D eigenvalue weighted by atomic mass is 16.5. The summed E-state index contributed by atoms with van der Waals surface area (Å²) in [4.78, 5) is 25.3. The Bertz CT molecular complexity index is 1470. The van der Waals surface area contributed by atoms with Gasteiger partial charge in [0.2, 0.25) is 5.95 Å². The van der Waals surface area contributed by atoms with Gasteiger partial charge >= 0.3 is 0 Å². The van der Waals surface area contributed by atoms with Crippen LogP contribution in [0, 0.1) is 0 Å². The van der Waals surface area contributed by atoms with E-state index in [0.29, 0.717) is 36.2 Å². The SMILES string of the molecule is COC1=CC(N(C)CCN(C)C)=C(N)CC1(N)c1ncnc(N2CC(C)(C)c3nc(-c4cnn(C)c4)ccc32)n1. The number of anilines is 2. The Balaban J connectivity index is 1.47. The monoisotopic (exact) mass is 545 g/mol. The van der Waals surface area contributed by atoms with E-state index in [1.807, 2.05) is 52.7 Å².